The largest absolute Gasteiger partial charge is 0.416 e. The quantitative estimate of drug-likeness (QED) is 0.787. The number of aromatic nitrogens is 2. The van der Waals surface area contributed by atoms with Crippen LogP contribution in [0.5, 0.6) is 0 Å². The van der Waals surface area contributed by atoms with Gasteiger partial charge in [-0.3, -0.25) is 4.79 Å². The first-order valence-electron chi connectivity index (χ1n) is 6.57. The zero-order valence-corrected chi connectivity index (χ0v) is 11.3. The van der Waals surface area contributed by atoms with Crippen molar-refractivity contribution in [1.29, 1.82) is 0 Å². The predicted molar refractivity (Wildman–Crippen MR) is 76.6 cm³/mol. The van der Waals surface area contributed by atoms with Gasteiger partial charge in [-0.25, -0.2) is 4.98 Å². The third-order valence-corrected chi connectivity index (χ3v) is 3.31. The lowest BCUT2D eigenvalue weighted by atomic mass is 10.1. The van der Waals surface area contributed by atoms with Gasteiger partial charge in [0.2, 0.25) is 0 Å². The van der Waals surface area contributed by atoms with Crippen LogP contribution in [0.4, 0.5) is 13.2 Å². The van der Waals surface area contributed by atoms with Crippen molar-refractivity contribution in [1.82, 2.24) is 9.97 Å². The highest BCUT2D eigenvalue weighted by molar-refractivity contribution is 5.77. The molecule has 0 aliphatic carbocycles. The SMILES string of the molecule is O=c1[nH]c(Cc2ccc(C(F)(F)F)cc2)nc2ccccc12. The number of alkyl halides is 3. The summed E-state index contributed by atoms with van der Waals surface area (Å²) in [6.45, 7) is 0. The molecular weight excluding hydrogens is 293 g/mol. The first kappa shape index (κ1) is 14.3. The topological polar surface area (TPSA) is 45.8 Å². The molecule has 3 nitrogen and oxygen atoms in total. The van der Waals surface area contributed by atoms with E-state index in [2.05, 4.69) is 9.97 Å². The van der Waals surface area contributed by atoms with Crippen LogP contribution in [0.2, 0.25) is 0 Å². The van der Waals surface area contributed by atoms with E-state index >= 15 is 0 Å². The molecule has 1 N–H and O–H groups in total. The van der Waals surface area contributed by atoms with E-state index in [9.17, 15) is 18.0 Å². The van der Waals surface area contributed by atoms with E-state index in [1.165, 1.54) is 12.1 Å². The standard InChI is InChI=1S/C16H11F3N2O/c17-16(18,19)11-7-5-10(6-8-11)9-14-20-13-4-2-1-3-12(13)15(22)21-14/h1-8H,9H2,(H,20,21,22). The Morgan fingerprint density at radius 1 is 1.00 bits per heavy atom. The van der Waals surface area contributed by atoms with Gasteiger partial charge in [-0.15, -0.1) is 0 Å². The van der Waals surface area contributed by atoms with Gasteiger partial charge in [0, 0.05) is 6.42 Å². The molecule has 2 aromatic carbocycles. The molecule has 0 aliphatic heterocycles. The van der Waals surface area contributed by atoms with Crippen molar-refractivity contribution in [2.24, 2.45) is 0 Å². The normalized spacial score (nSPS) is 11.8. The molecule has 1 heterocycles. The van der Waals surface area contributed by atoms with Gasteiger partial charge in [-0.1, -0.05) is 24.3 Å². The Kier molecular flexibility index (Phi) is 3.44. The van der Waals surface area contributed by atoms with Crippen molar-refractivity contribution in [3.05, 3.63) is 75.8 Å². The number of hydrogen-bond acceptors (Lipinski definition) is 2. The van der Waals surface area contributed by atoms with Gasteiger partial charge < -0.3 is 4.98 Å². The maximum atomic E-state index is 12.5. The summed E-state index contributed by atoms with van der Waals surface area (Å²) in [6, 6.07) is 11.7. The van der Waals surface area contributed by atoms with Crippen LogP contribution in [0.15, 0.2) is 53.3 Å². The van der Waals surface area contributed by atoms with E-state index in [4.69, 9.17) is 0 Å². The van der Waals surface area contributed by atoms with Crippen LogP contribution in [-0.4, -0.2) is 9.97 Å². The molecule has 0 bridgehead atoms. The molecule has 6 heteroatoms. The average molecular weight is 304 g/mol. The van der Waals surface area contributed by atoms with Gasteiger partial charge in [0.25, 0.3) is 5.56 Å². The summed E-state index contributed by atoms with van der Waals surface area (Å²) in [4.78, 5) is 18.9. The number of nitrogens with zero attached hydrogens (tertiary/aromatic N) is 1. The van der Waals surface area contributed by atoms with Crippen molar-refractivity contribution in [2.45, 2.75) is 12.6 Å². The molecule has 0 saturated heterocycles. The van der Waals surface area contributed by atoms with Gasteiger partial charge in [-0.05, 0) is 29.8 Å². The molecule has 0 saturated carbocycles. The fraction of sp³-hybridized carbons (Fsp3) is 0.125. The van der Waals surface area contributed by atoms with Crippen molar-refractivity contribution >= 4 is 10.9 Å². The Bertz CT molecular complexity index is 867. The lowest BCUT2D eigenvalue weighted by Gasteiger charge is -2.07. The van der Waals surface area contributed by atoms with Gasteiger partial charge in [-0.2, -0.15) is 13.2 Å². The van der Waals surface area contributed by atoms with Gasteiger partial charge in [0.15, 0.2) is 0 Å². The second-order valence-electron chi connectivity index (χ2n) is 4.90. The van der Waals surface area contributed by atoms with Crippen molar-refractivity contribution in [3.8, 4) is 0 Å². The second kappa shape index (κ2) is 5.29. The summed E-state index contributed by atoms with van der Waals surface area (Å²) in [6.07, 6.45) is -4.09. The number of aromatic amines is 1. The molecule has 0 unspecified atom stereocenters. The fourth-order valence-electron chi connectivity index (χ4n) is 2.22. The van der Waals surface area contributed by atoms with E-state index in [1.54, 1.807) is 24.3 Å². The number of H-pyrrole nitrogens is 1. The van der Waals surface area contributed by atoms with Gasteiger partial charge in [0.1, 0.15) is 5.82 Å². The Morgan fingerprint density at radius 3 is 2.36 bits per heavy atom. The van der Waals surface area contributed by atoms with Gasteiger partial charge in [0.05, 0.1) is 16.5 Å². The molecule has 112 valence electrons. The monoisotopic (exact) mass is 304 g/mol. The van der Waals surface area contributed by atoms with Crippen LogP contribution in [0, 0.1) is 0 Å². The summed E-state index contributed by atoms with van der Waals surface area (Å²) < 4.78 is 37.5. The highest BCUT2D eigenvalue weighted by Crippen LogP contribution is 2.29. The minimum atomic E-state index is -4.35. The summed E-state index contributed by atoms with van der Waals surface area (Å²) in [5.74, 6) is 0.420. The third kappa shape index (κ3) is 2.86. The molecule has 1 aromatic heterocycles. The molecule has 0 aliphatic rings. The molecular formula is C16H11F3N2O. The Morgan fingerprint density at radius 2 is 1.68 bits per heavy atom. The van der Waals surface area contributed by atoms with Crippen LogP contribution < -0.4 is 5.56 Å². The van der Waals surface area contributed by atoms with E-state index in [-0.39, 0.29) is 12.0 Å². The second-order valence-corrected chi connectivity index (χ2v) is 4.90. The zero-order valence-electron chi connectivity index (χ0n) is 11.3. The predicted octanol–water partition coefficient (Wildman–Crippen LogP) is 3.53. The van der Waals surface area contributed by atoms with Crippen LogP contribution in [0.25, 0.3) is 10.9 Å². The molecule has 0 amide bonds. The highest BCUT2D eigenvalue weighted by Gasteiger charge is 2.29. The van der Waals surface area contributed by atoms with E-state index in [0.717, 1.165) is 12.1 Å². The third-order valence-electron chi connectivity index (χ3n) is 3.31. The molecule has 22 heavy (non-hydrogen) atoms. The highest BCUT2D eigenvalue weighted by atomic mass is 19.4. The lowest BCUT2D eigenvalue weighted by Crippen LogP contribution is -2.12. The minimum absolute atomic E-state index is 0.257. The lowest BCUT2D eigenvalue weighted by molar-refractivity contribution is -0.137. The van der Waals surface area contributed by atoms with Gasteiger partial charge >= 0.3 is 6.18 Å². The van der Waals surface area contributed by atoms with E-state index in [0.29, 0.717) is 22.3 Å². The maximum Gasteiger partial charge on any atom is 0.416 e. The Labute approximate surface area is 123 Å². The molecule has 3 rings (SSSR count). The molecule has 0 fully saturated rings. The number of para-hydroxylation sites is 1. The number of fused-ring (bicyclic) bond motifs is 1. The van der Waals surface area contributed by atoms with Crippen LogP contribution in [0.1, 0.15) is 17.0 Å². The smallest absolute Gasteiger partial charge is 0.310 e. The Balaban J connectivity index is 1.92. The van der Waals surface area contributed by atoms with E-state index < -0.39 is 11.7 Å². The summed E-state index contributed by atoms with van der Waals surface area (Å²) in [7, 11) is 0. The molecule has 0 atom stereocenters. The summed E-state index contributed by atoms with van der Waals surface area (Å²) in [5, 5.41) is 0.485. The Hall–Kier alpha value is -2.63. The molecule has 0 spiro atoms. The van der Waals surface area contributed by atoms with E-state index in [1.807, 2.05) is 0 Å². The number of benzene rings is 2. The van der Waals surface area contributed by atoms with Crippen molar-refractivity contribution in [3.63, 3.8) is 0 Å². The number of nitrogens with one attached hydrogen (secondary N) is 1. The van der Waals surface area contributed by atoms with Crippen molar-refractivity contribution < 1.29 is 13.2 Å². The maximum absolute atomic E-state index is 12.5. The first-order valence-corrected chi connectivity index (χ1v) is 6.57. The number of rotatable bonds is 2. The number of halogens is 3. The summed E-state index contributed by atoms with van der Waals surface area (Å²) >= 11 is 0. The van der Waals surface area contributed by atoms with Crippen LogP contribution >= 0.6 is 0 Å². The molecule has 3 aromatic rings. The zero-order chi connectivity index (χ0) is 15.7. The minimum Gasteiger partial charge on any atom is -0.310 e. The van der Waals surface area contributed by atoms with Crippen LogP contribution in [0.3, 0.4) is 0 Å². The fourth-order valence-corrected chi connectivity index (χ4v) is 2.22. The average Bonchev–Trinajstić information content (AvgIpc) is 2.47. The molecule has 0 radical (unpaired) electrons. The first-order chi connectivity index (χ1) is 10.4. The summed E-state index contributed by atoms with van der Waals surface area (Å²) in [5.41, 5.74) is 0.253. The van der Waals surface area contributed by atoms with Crippen LogP contribution in [-0.2, 0) is 12.6 Å². The number of hydrogen-bond donors (Lipinski definition) is 1. The van der Waals surface area contributed by atoms with Crippen molar-refractivity contribution in [2.75, 3.05) is 0 Å².